The van der Waals surface area contributed by atoms with Crippen LogP contribution in [0.3, 0.4) is 0 Å². The molecular weight excluding hydrogens is 290 g/mol. The molecule has 4 heteroatoms. The Morgan fingerprint density at radius 3 is 2.22 bits per heavy atom. The summed E-state index contributed by atoms with van der Waals surface area (Å²) in [4.78, 5) is 24.0. The number of hydrogen-bond acceptors (Lipinski definition) is 3. The van der Waals surface area contributed by atoms with Gasteiger partial charge < -0.3 is 10.1 Å². The Labute approximate surface area is 136 Å². The average Bonchev–Trinajstić information content (AvgIpc) is 2.60. The minimum absolute atomic E-state index is 0.116. The van der Waals surface area contributed by atoms with Crippen molar-refractivity contribution < 1.29 is 14.3 Å². The van der Waals surface area contributed by atoms with Gasteiger partial charge in [0, 0.05) is 0 Å². The van der Waals surface area contributed by atoms with Crippen molar-refractivity contribution in [1.29, 1.82) is 0 Å². The van der Waals surface area contributed by atoms with Crippen molar-refractivity contribution in [1.82, 2.24) is 5.32 Å². The molecule has 0 bridgehead atoms. The number of nitrogens with one attached hydrogen (secondary N) is 1. The smallest absolute Gasteiger partial charge is 0.325 e. The Bertz CT molecular complexity index is 626. The van der Waals surface area contributed by atoms with Crippen molar-refractivity contribution >= 4 is 11.9 Å². The number of esters is 1. The lowest BCUT2D eigenvalue weighted by Crippen LogP contribution is -2.34. The molecule has 0 saturated carbocycles. The summed E-state index contributed by atoms with van der Waals surface area (Å²) in [7, 11) is 0. The van der Waals surface area contributed by atoms with E-state index in [0.717, 1.165) is 11.1 Å². The zero-order valence-electron chi connectivity index (χ0n) is 13.2. The topological polar surface area (TPSA) is 55.4 Å². The Kier molecular flexibility index (Phi) is 6.36. The highest BCUT2D eigenvalue weighted by atomic mass is 16.5. The number of carbonyl (C=O) groups is 2. The van der Waals surface area contributed by atoms with Crippen molar-refractivity contribution in [3.8, 4) is 0 Å². The molecule has 0 fully saturated rings. The number of carbonyl (C=O) groups excluding carboxylic acids is 2. The minimum Gasteiger partial charge on any atom is -0.460 e. The Morgan fingerprint density at radius 1 is 1.00 bits per heavy atom. The highest BCUT2D eigenvalue weighted by molar-refractivity contribution is 5.86. The van der Waals surface area contributed by atoms with Gasteiger partial charge >= 0.3 is 5.97 Å². The second-order valence-electron chi connectivity index (χ2n) is 5.24. The quantitative estimate of drug-likeness (QED) is 0.800. The summed E-state index contributed by atoms with van der Waals surface area (Å²) < 4.78 is 5.14. The van der Waals surface area contributed by atoms with Crippen LogP contribution in [0.5, 0.6) is 0 Å². The summed E-state index contributed by atoms with van der Waals surface area (Å²) in [5.41, 5.74) is 1.87. The van der Waals surface area contributed by atoms with Gasteiger partial charge in [0.15, 0.2) is 0 Å². The Hall–Kier alpha value is -2.62. The largest absolute Gasteiger partial charge is 0.460 e. The molecule has 0 saturated heterocycles. The van der Waals surface area contributed by atoms with Gasteiger partial charge in [0.1, 0.15) is 13.2 Å². The molecule has 0 heterocycles. The number of benzene rings is 2. The third-order valence-electron chi connectivity index (χ3n) is 3.58. The lowest BCUT2D eigenvalue weighted by atomic mass is 9.96. The predicted molar refractivity (Wildman–Crippen MR) is 88.7 cm³/mol. The van der Waals surface area contributed by atoms with E-state index < -0.39 is 5.97 Å². The van der Waals surface area contributed by atoms with E-state index >= 15 is 0 Å². The number of hydrogen-bond donors (Lipinski definition) is 1. The summed E-state index contributed by atoms with van der Waals surface area (Å²) in [5.74, 6) is -0.849. The number of ether oxygens (including phenoxy) is 1. The van der Waals surface area contributed by atoms with Crippen LogP contribution in [0.15, 0.2) is 60.7 Å². The maximum Gasteiger partial charge on any atom is 0.325 e. The third kappa shape index (κ3) is 5.25. The number of rotatable bonds is 7. The minimum atomic E-state index is -0.440. The van der Waals surface area contributed by atoms with E-state index in [1.165, 1.54) is 0 Å². The molecule has 2 rings (SSSR count). The van der Waals surface area contributed by atoms with Crippen molar-refractivity contribution in [2.75, 3.05) is 6.54 Å². The van der Waals surface area contributed by atoms with E-state index in [2.05, 4.69) is 5.32 Å². The highest BCUT2D eigenvalue weighted by Crippen LogP contribution is 2.18. The molecule has 4 nitrogen and oxygen atoms in total. The molecule has 0 spiro atoms. The van der Waals surface area contributed by atoms with Crippen LogP contribution in [0, 0.1) is 0 Å². The fraction of sp³-hybridized carbons (Fsp3) is 0.263. The van der Waals surface area contributed by atoms with Crippen molar-refractivity contribution in [2.45, 2.75) is 25.9 Å². The van der Waals surface area contributed by atoms with Gasteiger partial charge in [0.05, 0.1) is 5.92 Å². The molecule has 1 amide bonds. The molecule has 1 atom stereocenters. The molecule has 120 valence electrons. The molecule has 1 N–H and O–H groups in total. The van der Waals surface area contributed by atoms with Gasteiger partial charge in [-0.2, -0.15) is 0 Å². The van der Waals surface area contributed by atoms with Crippen molar-refractivity contribution in [2.24, 2.45) is 0 Å². The van der Waals surface area contributed by atoms with Gasteiger partial charge in [0.25, 0.3) is 0 Å². The monoisotopic (exact) mass is 311 g/mol. The molecule has 2 aromatic carbocycles. The second-order valence-corrected chi connectivity index (χ2v) is 5.24. The maximum absolute atomic E-state index is 12.2. The molecule has 0 aliphatic heterocycles. The van der Waals surface area contributed by atoms with Gasteiger partial charge in [-0.05, 0) is 17.5 Å². The molecule has 23 heavy (non-hydrogen) atoms. The first-order chi connectivity index (χ1) is 11.2. The van der Waals surface area contributed by atoms with E-state index in [1.807, 2.05) is 67.6 Å². The summed E-state index contributed by atoms with van der Waals surface area (Å²) in [6.07, 6.45) is 0.676. The molecule has 0 aliphatic carbocycles. The maximum atomic E-state index is 12.2. The van der Waals surface area contributed by atoms with Gasteiger partial charge in [0.2, 0.25) is 5.91 Å². The molecule has 2 aromatic rings. The first kappa shape index (κ1) is 16.7. The lowest BCUT2D eigenvalue weighted by Gasteiger charge is -2.15. The van der Waals surface area contributed by atoms with E-state index in [-0.39, 0.29) is 25.0 Å². The van der Waals surface area contributed by atoms with Crippen LogP contribution in [0.1, 0.15) is 30.4 Å². The second kappa shape index (κ2) is 8.73. The zero-order valence-corrected chi connectivity index (χ0v) is 13.2. The number of amides is 1. The molecular formula is C19H21NO3. The van der Waals surface area contributed by atoms with Gasteiger partial charge in [-0.3, -0.25) is 9.59 Å². The van der Waals surface area contributed by atoms with E-state index in [9.17, 15) is 9.59 Å². The molecule has 0 aliphatic rings. The normalized spacial score (nSPS) is 11.5. The Morgan fingerprint density at radius 2 is 1.61 bits per heavy atom. The summed E-state index contributed by atoms with van der Waals surface area (Å²) in [5, 5.41) is 2.65. The van der Waals surface area contributed by atoms with Crippen LogP contribution >= 0.6 is 0 Å². The summed E-state index contributed by atoms with van der Waals surface area (Å²) in [6.45, 7) is 2.05. The first-order valence-electron chi connectivity index (χ1n) is 7.73. The summed E-state index contributed by atoms with van der Waals surface area (Å²) in [6, 6.07) is 19.0. The highest BCUT2D eigenvalue weighted by Gasteiger charge is 2.19. The standard InChI is InChI=1S/C19H21NO3/c1-2-17(16-11-7-4-8-12-16)19(22)20-13-18(21)23-14-15-9-5-3-6-10-15/h3-12,17H,2,13-14H2,1H3,(H,20,22). The van der Waals surface area contributed by atoms with Crippen LogP contribution in [0.25, 0.3) is 0 Å². The van der Waals surface area contributed by atoms with Gasteiger partial charge in [-0.15, -0.1) is 0 Å². The average molecular weight is 311 g/mol. The van der Waals surface area contributed by atoms with Gasteiger partial charge in [-0.25, -0.2) is 0 Å². The van der Waals surface area contributed by atoms with Gasteiger partial charge in [-0.1, -0.05) is 67.6 Å². The van der Waals surface area contributed by atoms with Crippen molar-refractivity contribution in [3.63, 3.8) is 0 Å². The van der Waals surface area contributed by atoms with Crippen LogP contribution < -0.4 is 5.32 Å². The third-order valence-corrected chi connectivity index (χ3v) is 3.58. The first-order valence-corrected chi connectivity index (χ1v) is 7.73. The SMILES string of the molecule is CCC(C(=O)NCC(=O)OCc1ccccc1)c1ccccc1. The molecule has 0 aromatic heterocycles. The van der Waals surface area contributed by atoms with Crippen LogP contribution in [-0.4, -0.2) is 18.4 Å². The predicted octanol–water partition coefficient (Wildman–Crippen LogP) is 3.04. The fourth-order valence-electron chi connectivity index (χ4n) is 2.33. The molecule has 1 unspecified atom stereocenters. The van der Waals surface area contributed by atoms with E-state index in [0.29, 0.717) is 6.42 Å². The lowest BCUT2D eigenvalue weighted by molar-refractivity contribution is -0.145. The van der Waals surface area contributed by atoms with Crippen LogP contribution in [0.4, 0.5) is 0 Å². The molecule has 0 radical (unpaired) electrons. The van der Waals surface area contributed by atoms with Crippen LogP contribution in [-0.2, 0) is 20.9 Å². The Balaban J connectivity index is 1.80. The van der Waals surface area contributed by atoms with Crippen molar-refractivity contribution in [3.05, 3.63) is 71.8 Å². The fourth-order valence-corrected chi connectivity index (χ4v) is 2.33. The summed E-state index contributed by atoms with van der Waals surface area (Å²) >= 11 is 0. The van der Waals surface area contributed by atoms with E-state index in [1.54, 1.807) is 0 Å². The van der Waals surface area contributed by atoms with Crippen LogP contribution in [0.2, 0.25) is 0 Å². The van der Waals surface area contributed by atoms with E-state index in [4.69, 9.17) is 4.74 Å². The zero-order chi connectivity index (χ0) is 16.5.